The Balaban J connectivity index is 1.94. The van der Waals surface area contributed by atoms with E-state index in [1.54, 1.807) is 24.3 Å². The number of benzene rings is 2. The minimum Gasteiger partial charge on any atom is -0.507 e. The highest BCUT2D eigenvalue weighted by molar-refractivity contribution is 6.30. The number of esters is 1. The minimum absolute atomic E-state index is 0.0763. The maximum absolute atomic E-state index is 13.7. The molecule has 7 heteroatoms. The average Bonchev–Trinajstić information content (AvgIpc) is 2.73. The number of phenolic OH excluding ortho intramolecular Hbond substituents is 1. The van der Waals surface area contributed by atoms with Crippen molar-refractivity contribution in [2.24, 2.45) is 4.99 Å². The van der Waals surface area contributed by atoms with E-state index in [1.807, 2.05) is 0 Å². The van der Waals surface area contributed by atoms with E-state index in [0.717, 1.165) is 12.8 Å². The minimum atomic E-state index is -0.478. The number of nitrogens with zero attached hydrogens (tertiary/aromatic N) is 1. The monoisotopic (exact) mass is 435 g/mol. The van der Waals surface area contributed by atoms with Crippen molar-refractivity contribution >= 4 is 23.3 Å². The van der Waals surface area contributed by atoms with Crippen LogP contribution in [0.3, 0.4) is 0 Å². The summed E-state index contributed by atoms with van der Waals surface area (Å²) in [5, 5.41) is 10.7. The highest BCUT2D eigenvalue weighted by Crippen LogP contribution is 2.23. The molecule has 0 aliphatic rings. The fourth-order valence-corrected chi connectivity index (χ4v) is 2.81. The Morgan fingerprint density at radius 3 is 2.60 bits per heavy atom. The lowest BCUT2D eigenvalue weighted by Gasteiger charge is -2.10. The number of phenols is 1. The second kappa shape index (κ2) is 13.0. The van der Waals surface area contributed by atoms with Crippen LogP contribution < -0.4 is 0 Å². The third-order valence-corrected chi connectivity index (χ3v) is 4.53. The number of halogens is 2. The van der Waals surface area contributed by atoms with E-state index >= 15 is 0 Å². The molecule has 0 bridgehead atoms. The van der Waals surface area contributed by atoms with Gasteiger partial charge in [0.1, 0.15) is 18.2 Å². The normalized spacial score (nSPS) is 11.5. The molecule has 162 valence electrons. The van der Waals surface area contributed by atoms with E-state index < -0.39 is 5.82 Å². The summed E-state index contributed by atoms with van der Waals surface area (Å²) in [4.78, 5) is 16.3. The van der Waals surface area contributed by atoms with Gasteiger partial charge in [-0.2, -0.15) is 0 Å². The summed E-state index contributed by atoms with van der Waals surface area (Å²) >= 11 is 5.95. The molecule has 0 heterocycles. The van der Waals surface area contributed by atoms with Crippen molar-refractivity contribution in [1.82, 2.24) is 0 Å². The molecule has 0 fully saturated rings. The average molecular weight is 436 g/mol. The molecule has 0 saturated carbocycles. The molecule has 0 aliphatic carbocycles. The van der Waals surface area contributed by atoms with Crippen LogP contribution in [-0.4, -0.2) is 43.2 Å². The molecule has 0 aromatic heterocycles. The van der Waals surface area contributed by atoms with Crippen molar-refractivity contribution in [2.45, 2.75) is 32.6 Å². The van der Waals surface area contributed by atoms with Gasteiger partial charge in [-0.25, -0.2) is 4.39 Å². The summed E-state index contributed by atoms with van der Waals surface area (Å²) in [6, 6.07) is 10.6. The van der Waals surface area contributed by atoms with Gasteiger partial charge >= 0.3 is 5.97 Å². The summed E-state index contributed by atoms with van der Waals surface area (Å²) in [6.07, 6.45) is 2.72. The Bertz CT molecular complexity index is 840. The maximum Gasteiger partial charge on any atom is 0.305 e. The number of aliphatic imine (C=N–C) groups is 1. The molecule has 2 rings (SSSR count). The summed E-state index contributed by atoms with van der Waals surface area (Å²) < 4.78 is 24.2. The van der Waals surface area contributed by atoms with Gasteiger partial charge in [-0.05, 0) is 43.2 Å². The van der Waals surface area contributed by atoms with Crippen LogP contribution in [0.4, 0.5) is 4.39 Å². The number of carbonyl (C=O) groups excluding carboxylic acids is 1. The maximum atomic E-state index is 13.7. The molecule has 0 saturated heterocycles. The molecule has 1 N–H and O–H groups in total. The van der Waals surface area contributed by atoms with Crippen molar-refractivity contribution < 1.29 is 23.8 Å². The van der Waals surface area contributed by atoms with E-state index in [-0.39, 0.29) is 30.3 Å². The van der Waals surface area contributed by atoms with E-state index in [1.165, 1.54) is 18.2 Å². The Hall–Kier alpha value is -2.44. The van der Waals surface area contributed by atoms with Gasteiger partial charge in [0, 0.05) is 35.7 Å². The molecule has 0 spiro atoms. The molecule has 0 radical (unpaired) electrons. The Labute approximate surface area is 181 Å². The van der Waals surface area contributed by atoms with Crippen LogP contribution in [0, 0.1) is 5.82 Å². The lowest BCUT2D eigenvalue weighted by Crippen LogP contribution is -2.11. The van der Waals surface area contributed by atoms with Gasteiger partial charge in [-0.3, -0.25) is 9.79 Å². The summed E-state index contributed by atoms with van der Waals surface area (Å²) in [7, 11) is 0. The van der Waals surface area contributed by atoms with Crippen LogP contribution >= 0.6 is 11.6 Å². The second-order valence-corrected chi connectivity index (χ2v) is 7.13. The summed E-state index contributed by atoms with van der Waals surface area (Å²) in [5.41, 5.74) is 1.40. The van der Waals surface area contributed by atoms with Crippen molar-refractivity contribution in [1.29, 1.82) is 0 Å². The van der Waals surface area contributed by atoms with E-state index in [2.05, 4.69) is 11.9 Å². The second-order valence-electron chi connectivity index (χ2n) is 6.69. The van der Waals surface area contributed by atoms with Gasteiger partial charge in [-0.1, -0.05) is 37.1 Å². The zero-order valence-electron chi connectivity index (χ0n) is 17.1. The Morgan fingerprint density at radius 1 is 1.10 bits per heavy atom. The van der Waals surface area contributed by atoms with Crippen molar-refractivity contribution in [3.8, 4) is 5.75 Å². The Kier molecular flexibility index (Phi) is 10.3. The molecule has 5 nitrogen and oxygen atoms in total. The van der Waals surface area contributed by atoms with Gasteiger partial charge in [0.15, 0.2) is 0 Å². The standard InChI is InChI=1S/C23H27ClFNO4/c1-2-3-13-29-14-15-30-22(28)5-4-12-26-23(17-6-8-18(24)9-7-17)20-16-19(25)10-11-21(20)27/h6-11,16,27H,2-5,12-15H2,1H3. The van der Waals surface area contributed by atoms with Crippen LogP contribution in [0.15, 0.2) is 47.5 Å². The number of aromatic hydroxyl groups is 1. The van der Waals surface area contributed by atoms with E-state index in [9.17, 15) is 14.3 Å². The zero-order chi connectivity index (χ0) is 21.8. The van der Waals surface area contributed by atoms with E-state index in [0.29, 0.717) is 42.5 Å². The molecular weight excluding hydrogens is 409 g/mol. The van der Waals surface area contributed by atoms with Gasteiger partial charge < -0.3 is 14.6 Å². The van der Waals surface area contributed by atoms with Crippen LogP contribution in [0.1, 0.15) is 43.7 Å². The van der Waals surface area contributed by atoms with Gasteiger partial charge in [0.2, 0.25) is 0 Å². The zero-order valence-corrected chi connectivity index (χ0v) is 17.8. The van der Waals surface area contributed by atoms with Crippen LogP contribution in [0.5, 0.6) is 5.75 Å². The van der Waals surface area contributed by atoms with Crippen LogP contribution in [-0.2, 0) is 14.3 Å². The van der Waals surface area contributed by atoms with Crippen molar-refractivity contribution in [2.75, 3.05) is 26.4 Å². The lowest BCUT2D eigenvalue weighted by molar-refractivity contribution is -0.145. The number of rotatable bonds is 12. The number of hydrogen-bond donors (Lipinski definition) is 1. The Morgan fingerprint density at radius 2 is 1.87 bits per heavy atom. The number of ether oxygens (including phenoxy) is 2. The molecule has 30 heavy (non-hydrogen) atoms. The van der Waals surface area contributed by atoms with Crippen molar-refractivity contribution in [3.05, 3.63) is 64.4 Å². The lowest BCUT2D eigenvalue weighted by atomic mass is 10.0. The smallest absolute Gasteiger partial charge is 0.305 e. The van der Waals surface area contributed by atoms with Gasteiger partial charge in [0.25, 0.3) is 0 Å². The fraction of sp³-hybridized carbons (Fsp3) is 0.391. The first-order chi connectivity index (χ1) is 14.5. The number of carbonyl (C=O) groups is 1. The summed E-state index contributed by atoms with van der Waals surface area (Å²) in [6.45, 7) is 3.70. The summed E-state index contributed by atoms with van der Waals surface area (Å²) in [5.74, 6) is -0.868. The molecule has 0 atom stereocenters. The van der Waals surface area contributed by atoms with Gasteiger partial charge in [0.05, 0.1) is 12.3 Å². The fourth-order valence-electron chi connectivity index (χ4n) is 2.69. The molecular formula is C23H27ClFNO4. The van der Waals surface area contributed by atoms with E-state index in [4.69, 9.17) is 21.1 Å². The third-order valence-electron chi connectivity index (χ3n) is 4.27. The molecule has 2 aromatic carbocycles. The topological polar surface area (TPSA) is 68.1 Å². The van der Waals surface area contributed by atoms with Gasteiger partial charge in [-0.15, -0.1) is 0 Å². The predicted molar refractivity (Wildman–Crippen MR) is 116 cm³/mol. The first kappa shape index (κ1) is 23.8. The molecule has 0 aliphatic heterocycles. The first-order valence-electron chi connectivity index (χ1n) is 10.0. The molecule has 2 aromatic rings. The highest BCUT2D eigenvalue weighted by Gasteiger charge is 2.13. The van der Waals surface area contributed by atoms with Crippen LogP contribution in [0.2, 0.25) is 5.02 Å². The molecule has 0 unspecified atom stereocenters. The number of unbranched alkanes of at least 4 members (excludes halogenated alkanes) is 1. The predicted octanol–water partition coefficient (Wildman–Crippen LogP) is 5.16. The van der Waals surface area contributed by atoms with Crippen molar-refractivity contribution in [3.63, 3.8) is 0 Å². The van der Waals surface area contributed by atoms with Crippen LogP contribution in [0.25, 0.3) is 0 Å². The third kappa shape index (κ3) is 8.13. The largest absolute Gasteiger partial charge is 0.507 e. The first-order valence-corrected chi connectivity index (χ1v) is 10.4. The highest BCUT2D eigenvalue weighted by atomic mass is 35.5. The quantitative estimate of drug-likeness (QED) is 0.284. The SMILES string of the molecule is CCCCOCCOC(=O)CCCN=C(c1ccc(Cl)cc1)c1cc(F)ccc1O. The number of hydrogen-bond acceptors (Lipinski definition) is 5. The molecule has 0 amide bonds.